The molecule has 0 radical (unpaired) electrons. The topological polar surface area (TPSA) is 18.5 Å². The number of ether oxygens (including phenoxy) is 2. The molecule has 0 aliphatic carbocycles. The van der Waals surface area contributed by atoms with Crippen LogP contribution in [0.1, 0.15) is 17.4 Å². The van der Waals surface area contributed by atoms with E-state index in [9.17, 15) is 0 Å². The van der Waals surface area contributed by atoms with Crippen LogP contribution in [0.15, 0.2) is 32.5 Å². The molecule has 6 heteroatoms. The summed E-state index contributed by atoms with van der Waals surface area (Å²) in [5.41, 5.74) is 0.994. The van der Waals surface area contributed by atoms with Gasteiger partial charge in [0.15, 0.2) is 11.5 Å². The van der Waals surface area contributed by atoms with Gasteiger partial charge < -0.3 is 9.47 Å². The van der Waals surface area contributed by atoms with Gasteiger partial charge in [0.2, 0.25) is 0 Å². The summed E-state index contributed by atoms with van der Waals surface area (Å²) >= 11 is 14.5. The molecule has 0 atom stereocenters. The highest BCUT2D eigenvalue weighted by molar-refractivity contribution is 9.10. The standard InChI is InChI=1S/C14H13Br2ClO2S/c1-2-18-13-4-9(6-17)3-12(16)14(13)19-7-11-5-10(15)8-20-11/h3-5,8H,2,6-7H2,1H3. The van der Waals surface area contributed by atoms with Gasteiger partial charge in [-0.3, -0.25) is 0 Å². The lowest BCUT2D eigenvalue weighted by Crippen LogP contribution is -2.00. The van der Waals surface area contributed by atoms with Crippen molar-refractivity contribution in [1.29, 1.82) is 0 Å². The van der Waals surface area contributed by atoms with Crippen LogP contribution in [-0.4, -0.2) is 6.61 Å². The summed E-state index contributed by atoms with van der Waals surface area (Å²) in [6, 6.07) is 5.92. The molecule has 0 aliphatic heterocycles. The molecule has 0 aliphatic rings. The first-order chi connectivity index (χ1) is 9.63. The van der Waals surface area contributed by atoms with Gasteiger partial charge in [0.05, 0.1) is 11.1 Å². The van der Waals surface area contributed by atoms with Crippen molar-refractivity contribution in [1.82, 2.24) is 0 Å². The maximum absolute atomic E-state index is 5.89. The van der Waals surface area contributed by atoms with Crippen LogP contribution in [0.2, 0.25) is 0 Å². The Labute approximate surface area is 144 Å². The molecule has 0 saturated heterocycles. The van der Waals surface area contributed by atoms with E-state index in [-0.39, 0.29) is 0 Å². The van der Waals surface area contributed by atoms with Gasteiger partial charge >= 0.3 is 0 Å². The molecule has 0 bridgehead atoms. The van der Waals surface area contributed by atoms with Gasteiger partial charge in [-0.15, -0.1) is 22.9 Å². The zero-order valence-electron chi connectivity index (χ0n) is 10.8. The second-order valence-corrected chi connectivity index (χ2v) is 7.02. The average Bonchev–Trinajstić information content (AvgIpc) is 2.83. The monoisotopic (exact) mass is 438 g/mol. The summed E-state index contributed by atoms with van der Waals surface area (Å²) in [7, 11) is 0. The van der Waals surface area contributed by atoms with Crippen molar-refractivity contribution in [3.8, 4) is 11.5 Å². The Bertz CT molecular complexity index is 587. The number of alkyl halides is 1. The van der Waals surface area contributed by atoms with Gasteiger partial charge in [-0.1, -0.05) is 0 Å². The van der Waals surface area contributed by atoms with Crippen LogP contribution in [-0.2, 0) is 12.5 Å². The molecule has 2 aromatic rings. The van der Waals surface area contributed by atoms with E-state index in [0.29, 0.717) is 30.6 Å². The Morgan fingerprint density at radius 3 is 2.60 bits per heavy atom. The third kappa shape index (κ3) is 4.13. The lowest BCUT2D eigenvalue weighted by Gasteiger charge is -2.14. The maximum Gasteiger partial charge on any atom is 0.175 e. The van der Waals surface area contributed by atoms with Crippen molar-refractivity contribution in [3.05, 3.63) is 43.0 Å². The summed E-state index contributed by atoms with van der Waals surface area (Å²) in [4.78, 5) is 1.15. The lowest BCUT2D eigenvalue weighted by atomic mass is 10.2. The Balaban J connectivity index is 2.20. The highest BCUT2D eigenvalue weighted by atomic mass is 79.9. The molecule has 2 nitrogen and oxygen atoms in total. The predicted molar refractivity (Wildman–Crippen MR) is 91.2 cm³/mol. The van der Waals surface area contributed by atoms with Gasteiger partial charge in [0, 0.05) is 20.6 Å². The third-order valence-electron chi connectivity index (χ3n) is 2.50. The summed E-state index contributed by atoms with van der Waals surface area (Å²) < 4.78 is 13.5. The fraction of sp³-hybridized carbons (Fsp3) is 0.286. The molecule has 0 spiro atoms. The number of thiophene rings is 1. The van der Waals surface area contributed by atoms with E-state index >= 15 is 0 Å². The molecule has 1 aromatic carbocycles. The highest BCUT2D eigenvalue weighted by Crippen LogP contribution is 2.38. The summed E-state index contributed by atoms with van der Waals surface area (Å²) in [5, 5.41) is 2.04. The van der Waals surface area contributed by atoms with Crippen LogP contribution < -0.4 is 9.47 Å². The van der Waals surface area contributed by atoms with Crippen LogP contribution >= 0.6 is 54.8 Å². The molecule has 1 aromatic heterocycles. The molecule has 0 unspecified atom stereocenters. The fourth-order valence-electron chi connectivity index (χ4n) is 1.67. The first kappa shape index (κ1) is 16.1. The number of rotatable bonds is 6. The van der Waals surface area contributed by atoms with Crippen molar-refractivity contribution in [2.45, 2.75) is 19.4 Å². The van der Waals surface area contributed by atoms with Crippen molar-refractivity contribution in [2.24, 2.45) is 0 Å². The van der Waals surface area contributed by atoms with Gasteiger partial charge in [-0.05, 0) is 62.5 Å². The second kappa shape index (κ2) is 7.69. The largest absolute Gasteiger partial charge is 0.490 e. The van der Waals surface area contributed by atoms with E-state index in [0.717, 1.165) is 19.4 Å². The van der Waals surface area contributed by atoms with E-state index in [2.05, 4.69) is 31.9 Å². The van der Waals surface area contributed by atoms with Crippen molar-refractivity contribution in [3.63, 3.8) is 0 Å². The Morgan fingerprint density at radius 2 is 2.00 bits per heavy atom. The average molecular weight is 441 g/mol. The van der Waals surface area contributed by atoms with Gasteiger partial charge in [-0.2, -0.15) is 0 Å². The molecular formula is C14H13Br2ClO2S. The van der Waals surface area contributed by atoms with Crippen LogP contribution in [0.5, 0.6) is 11.5 Å². The zero-order chi connectivity index (χ0) is 14.5. The SMILES string of the molecule is CCOc1cc(CCl)cc(Br)c1OCc1cc(Br)cs1. The first-order valence-corrected chi connectivity index (χ1v) is 9.01. The normalized spacial score (nSPS) is 10.6. The molecule has 2 rings (SSSR count). The van der Waals surface area contributed by atoms with E-state index in [4.69, 9.17) is 21.1 Å². The van der Waals surface area contributed by atoms with Crippen molar-refractivity contribution in [2.75, 3.05) is 6.61 Å². The Hall–Kier alpha value is -0.230. The summed E-state index contributed by atoms with van der Waals surface area (Å²) in [5.74, 6) is 1.87. The minimum Gasteiger partial charge on any atom is -0.490 e. The molecule has 108 valence electrons. The minimum atomic E-state index is 0.441. The van der Waals surface area contributed by atoms with E-state index in [1.54, 1.807) is 11.3 Å². The molecule has 0 N–H and O–H groups in total. The summed E-state index contributed by atoms with van der Waals surface area (Å²) in [6.45, 7) is 3.04. The van der Waals surface area contributed by atoms with E-state index < -0.39 is 0 Å². The predicted octanol–water partition coefficient (Wildman–Crippen LogP) is 5.99. The Morgan fingerprint density at radius 1 is 1.20 bits per heavy atom. The molecule has 20 heavy (non-hydrogen) atoms. The van der Waals surface area contributed by atoms with Crippen LogP contribution in [0.4, 0.5) is 0 Å². The number of benzene rings is 1. The van der Waals surface area contributed by atoms with Crippen molar-refractivity contribution >= 4 is 54.8 Å². The molecular weight excluding hydrogens is 427 g/mol. The summed E-state index contributed by atoms with van der Waals surface area (Å²) in [6.07, 6.45) is 0. The highest BCUT2D eigenvalue weighted by Gasteiger charge is 2.12. The number of hydrogen-bond acceptors (Lipinski definition) is 3. The molecule has 0 fully saturated rings. The van der Waals surface area contributed by atoms with Crippen LogP contribution in [0.3, 0.4) is 0 Å². The number of halogens is 3. The molecule has 1 heterocycles. The van der Waals surface area contributed by atoms with E-state index in [1.165, 1.54) is 0 Å². The lowest BCUT2D eigenvalue weighted by molar-refractivity contribution is 0.269. The zero-order valence-corrected chi connectivity index (χ0v) is 15.5. The van der Waals surface area contributed by atoms with Gasteiger partial charge in [0.25, 0.3) is 0 Å². The van der Waals surface area contributed by atoms with E-state index in [1.807, 2.05) is 30.5 Å². The molecule has 0 amide bonds. The van der Waals surface area contributed by atoms with Crippen LogP contribution in [0, 0.1) is 0 Å². The quantitative estimate of drug-likeness (QED) is 0.514. The van der Waals surface area contributed by atoms with Gasteiger partial charge in [0.1, 0.15) is 6.61 Å². The third-order valence-corrected chi connectivity index (χ3v) is 5.07. The molecule has 0 saturated carbocycles. The van der Waals surface area contributed by atoms with Crippen LogP contribution in [0.25, 0.3) is 0 Å². The van der Waals surface area contributed by atoms with Crippen molar-refractivity contribution < 1.29 is 9.47 Å². The second-order valence-electron chi connectivity index (χ2n) is 3.99. The maximum atomic E-state index is 5.89. The minimum absolute atomic E-state index is 0.441. The first-order valence-electron chi connectivity index (χ1n) is 6.01. The fourth-order valence-corrected chi connectivity index (χ4v) is 3.79. The Kier molecular flexibility index (Phi) is 6.20. The number of hydrogen-bond donors (Lipinski definition) is 0. The smallest absolute Gasteiger partial charge is 0.175 e. The van der Waals surface area contributed by atoms with Gasteiger partial charge in [-0.25, -0.2) is 0 Å².